The Morgan fingerprint density at radius 2 is 1.35 bits per heavy atom. The molecule has 0 aromatic heterocycles. The molecule has 106 valence electrons. The van der Waals surface area contributed by atoms with E-state index < -0.39 is 0 Å². The summed E-state index contributed by atoms with van der Waals surface area (Å²) in [5.74, 6) is 1.52. The summed E-state index contributed by atoms with van der Waals surface area (Å²) < 4.78 is 5.16. The van der Waals surface area contributed by atoms with Crippen molar-refractivity contribution < 1.29 is 10.1 Å². The smallest absolute Gasteiger partial charge is 0.118 e. The Kier molecular flexibility index (Phi) is 5.19. The summed E-state index contributed by atoms with van der Waals surface area (Å²) in [6.07, 6.45) is 0. The minimum Gasteiger partial charge on any atom is -0.497 e. The van der Waals surface area contributed by atoms with Crippen molar-refractivity contribution in [3.8, 4) is 5.75 Å². The van der Waals surface area contributed by atoms with Crippen molar-refractivity contribution in [3.63, 3.8) is 0 Å². The monoisotopic (exact) mass is 270 g/mol. The summed E-state index contributed by atoms with van der Waals surface area (Å²) >= 11 is 0. The maximum absolute atomic E-state index is 5.16. The largest absolute Gasteiger partial charge is 0.497 e. The van der Waals surface area contributed by atoms with Crippen molar-refractivity contribution in [3.05, 3.63) is 65.2 Å². The van der Waals surface area contributed by atoms with Crippen LogP contribution in [-0.2, 0) is 13.1 Å². The molecule has 0 amide bonds. The van der Waals surface area contributed by atoms with Crippen LogP contribution in [0.5, 0.6) is 5.75 Å². The summed E-state index contributed by atoms with van der Waals surface area (Å²) in [5, 5.41) is 2.33. The second-order valence-electron chi connectivity index (χ2n) is 5.44. The van der Waals surface area contributed by atoms with Gasteiger partial charge in [0.1, 0.15) is 18.8 Å². The van der Waals surface area contributed by atoms with Crippen LogP contribution in [0.1, 0.15) is 36.5 Å². The van der Waals surface area contributed by atoms with Gasteiger partial charge < -0.3 is 10.1 Å². The number of benzene rings is 2. The van der Waals surface area contributed by atoms with Gasteiger partial charge in [-0.25, -0.2) is 0 Å². The van der Waals surface area contributed by atoms with Gasteiger partial charge in [-0.2, -0.15) is 0 Å². The molecule has 0 spiro atoms. The van der Waals surface area contributed by atoms with E-state index in [0.29, 0.717) is 5.92 Å². The second kappa shape index (κ2) is 7.11. The highest BCUT2D eigenvalue weighted by Crippen LogP contribution is 2.14. The molecule has 0 radical (unpaired) electrons. The molecule has 0 aliphatic heterocycles. The molecular formula is C18H24NO+. The van der Waals surface area contributed by atoms with Gasteiger partial charge in [0.2, 0.25) is 0 Å². The van der Waals surface area contributed by atoms with Crippen LogP contribution in [0.25, 0.3) is 0 Å². The summed E-state index contributed by atoms with van der Waals surface area (Å²) in [6, 6.07) is 17.2. The molecule has 2 N–H and O–H groups in total. The first kappa shape index (κ1) is 14.6. The molecule has 0 aliphatic rings. The Hall–Kier alpha value is -1.80. The van der Waals surface area contributed by atoms with Crippen molar-refractivity contribution >= 4 is 0 Å². The van der Waals surface area contributed by atoms with Crippen molar-refractivity contribution in [1.29, 1.82) is 0 Å². The van der Waals surface area contributed by atoms with Crippen molar-refractivity contribution in [2.45, 2.75) is 32.9 Å². The third-order valence-electron chi connectivity index (χ3n) is 3.57. The number of hydrogen-bond donors (Lipinski definition) is 1. The predicted octanol–water partition coefficient (Wildman–Crippen LogP) is 3.08. The van der Waals surface area contributed by atoms with E-state index in [1.54, 1.807) is 7.11 Å². The summed E-state index contributed by atoms with van der Waals surface area (Å²) in [5.41, 5.74) is 4.11. The van der Waals surface area contributed by atoms with Gasteiger partial charge in [-0.3, -0.25) is 0 Å². The molecule has 0 unspecified atom stereocenters. The van der Waals surface area contributed by atoms with Crippen LogP contribution in [0.3, 0.4) is 0 Å². The fraction of sp³-hybridized carbons (Fsp3) is 0.333. The molecule has 0 aliphatic carbocycles. The van der Waals surface area contributed by atoms with Crippen molar-refractivity contribution in [2.24, 2.45) is 0 Å². The first-order valence-corrected chi connectivity index (χ1v) is 7.22. The standard InChI is InChI=1S/C18H23NO/c1-14(2)17-8-4-15(5-9-17)12-19-13-16-6-10-18(20-3)11-7-16/h4-11,14,19H,12-13H2,1-3H3/p+1. The zero-order valence-corrected chi connectivity index (χ0v) is 12.6. The Labute approximate surface area is 121 Å². The molecule has 2 aromatic carbocycles. The number of nitrogens with two attached hydrogens (primary N) is 1. The van der Waals surface area contributed by atoms with Gasteiger partial charge in [0.25, 0.3) is 0 Å². The van der Waals surface area contributed by atoms with Gasteiger partial charge >= 0.3 is 0 Å². The molecule has 0 bridgehead atoms. The van der Waals surface area contributed by atoms with E-state index in [0.717, 1.165) is 18.8 Å². The fourth-order valence-electron chi connectivity index (χ4n) is 2.21. The Balaban J connectivity index is 1.82. The molecule has 2 rings (SSSR count). The topological polar surface area (TPSA) is 25.8 Å². The predicted molar refractivity (Wildman–Crippen MR) is 82.9 cm³/mol. The lowest BCUT2D eigenvalue weighted by atomic mass is 10.0. The van der Waals surface area contributed by atoms with E-state index >= 15 is 0 Å². The van der Waals surface area contributed by atoms with Gasteiger partial charge in [0.15, 0.2) is 0 Å². The maximum atomic E-state index is 5.16. The van der Waals surface area contributed by atoms with Crippen LogP contribution >= 0.6 is 0 Å². The Bertz CT molecular complexity index is 514. The molecule has 0 saturated heterocycles. The van der Waals surface area contributed by atoms with E-state index in [9.17, 15) is 0 Å². The normalized spacial score (nSPS) is 10.8. The molecule has 0 heterocycles. The highest BCUT2D eigenvalue weighted by Gasteiger charge is 2.01. The van der Waals surface area contributed by atoms with Gasteiger partial charge in [0.05, 0.1) is 7.11 Å². The summed E-state index contributed by atoms with van der Waals surface area (Å²) in [7, 11) is 1.70. The van der Waals surface area contributed by atoms with E-state index in [1.807, 2.05) is 12.1 Å². The Morgan fingerprint density at radius 1 is 0.850 bits per heavy atom. The van der Waals surface area contributed by atoms with Crippen LogP contribution in [0.2, 0.25) is 0 Å². The fourth-order valence-corrected chi connectivity index (χ4v) is 2.21. The highest BCUT2D eigenvalue weighted by atomic mass is 16.5. The molecule has 20 heavy (non-hydrogen) atoms. The molecular weight excluding hydrogens is 246 g/mol. The number of methoxy groups -OCH3 is 1. The van der Waals surface area contributed by atoms with Gasteiger partial charge in [-0.05, 0) is 35.7 Å². The van der Waals surface area contributed by atoms with E-state index in [1.165, 1.54) is 16.7 Å². The highest BCUT2D eigenvalue weighted by molar-refractivity contribution is 5.26. The summed E-state index contributed by atoms with van der Waals surface area (Å²) in [6.45, 7) is 6.47. The van der Waals surface area contributed by atoms with Gasteiger partial charge in [0, 0.05) is 11.1 Å². The second-order valence-corrected chi connectivity index (χ2v) is 5.44. The minimum atomic E-state index is 0.604. The van der Waals surface area contributed by atoms with E-state index in [-0.39, 0.29) is 0 Å². The van der Waals surface area contributed by atoms with Crippen molar-refractivity contribution in [1.82, 2.24) is 0 Å². The maximum Gasteiger partial charge on any atom is 0.118 e. The average Bonchev–Trinajstić information content (AvgIpc) is 2.48. The molecule has 2 aromatic rings. The lowest BCUT2D eigenvalue weighted by Gasteiger charge is -2.07. The van der Waals surface area contributed by atoms with Crippen LogP contribution in [0.15, 0.2) is 48.5 Å². The van der Waals surface area contributed by atoms with Crippen LogP contribution < -0.4 is 10.1 Å². The van der Waals surface area contributed by atoms with Gasteiger partial charge in [-0.15, -0.1) is 0 Å². The zero-order chi connectivity index (χ0) is 14.4. The number of ether oxygens (including phenoxy) is 1. The average molecular weight is 270 g/mol. The van der Waals surface area contributed by atoms with Crippen LogP contribution in [0.4, 0.5) is 0 Å². The molecule has 0 fully saturated rings. The van der Waals surface area contributed by atoms with Crippen LogP contribution in [0, 0.1) is 0 Å². The lowest BCUT2D eigenvalue weighted by Crippen LogP contribution is -2.80. The van der Waals surface area contributed by atoms with Crippen LogP contribution in [-0.4, -0.2) is 7.11 Å². The van der Waals surface area contributed by atoms with Gasteiger partial charge in [-0.1, -0.05) is 38.1 Å². The number of quaternary nitrogens is 1. The number of hydrogen-bond acceptors (Lipinski definition) is 1. The first-order chi connectivity index (χ1) is 9.69. The lowest BCUT2D eigenvalue weighted by molar-refractivity contribution is -0.686. The number of rotatable bonds is 6. The van der Waals surface area contributed by atoms with Crippen molar-refractivity contribution in [2.75, 3.05) is 7.11 Å². The molecule has 2 nitrogen and oxygen atoms in total. The first-order valence-electron chi connectivity index (χ1n) is 7.22. The molecule has 2 heteroatoms. The third kappa shape index (κ3) is 4.10. The van der Waals surface area contributed by atoms with E-state index in [4.69, 9.17) is 4.74 Å². The summed E-state index contributed by atoms with van der Waals surface area (Å²) in [4.78, 5) is 0. The zero-order valence-electron chi connectivity index (χ0n) is 12.6. The third-order valence-corrected chi connectivity index (χ3v) is 3.57. The minimum absolute atomic E-state index is 0.604. The molecule has 0 saturated carbocycles. The molecule has 0 atom stereocenters. The quantitative estimate of drug-likeness (QED) is 0.857. The Morgan fingerprint density at radius 3 is 1.80 bits per heavy atom. The SMILES string of the molecule is COc1ccc(C[NH2+]Cc2ccc(C(C)C)cc2)cc1. The van der Waals surface area contributed by atoms with E-state index in [2.05, 4.69) is 55.6 Å².